The number of nitrogens with two attached hydrogens (primary N) is 1. The second-order valence-electron chi connectivity index (χ2n) is 5.21. The molecule has 2 aromatic rings. The van der Waals surface area contributed by atoms with Crippen LogP contribution in [0.4, 0.5) is 0 Å². The monoisotopic (exact) mass is 418 g/mol. The topological polar surface area (TPSA) is 76.1 Å². The number of nitriles is 1. The zero-order chi connectivity index (χ0) is 18.4. The number of amides is 1. The van der Waals surface area contributed by atoms with E-state index >= 15 is 0 Å². The summed E-state index contributed by atoms with van der Waals surface area (Å²) in [5.41, 5.74) is 7.63. The first-order valence-electron chi connectivity index (χ1n) is 7.56. The lowest BCUT2D eigenvalue weighted by Gasteiger charge is -2.14. The van der Waals surface area contributed by atoms with Crippen molar-refractivity contribution in [1.29, 1.82) is 5.26 Å². The fourth-order valence-corrected chi connectivity index (χ4v) is 3.13. The maximum absolute atomic E-state index is 11.2. The maximum atomic E-state index is 11.2. The first-order chi connectivity index (χ1) is 12.0. The normalized spacial score (nSPS) is 11.0. The minimum atomic E-state index is -0.767. The maximum Gasteiger partial charge on any atom is 0.259 e. The van der Waals surface area contributed by atoms with Crippen LogP contribution in [-0.2, 0) is 11.2 Å². The lowest BCUT2D eigenvalue weighted by molar-refractivity contribution is -0.114. The van der Waals surface area contributed by atoms with Gasteiger partial charge in [-0.1, -0.05) is 45.7 Å². The molecule has 0 aliphatic heterocycles. The average Bonchev–Trinajstić information content (AvgIpc) is 2.57. The number of nitrogens with zero attached hydrogens (tertiary/aromatic N) is 1. The van der Waals surface area contributed by atoms with Crippen LogP contribution in [0, 0.1) is 11.3 Å². The predicted molar refractivity (Wildman–Crippen MR) is 102 cm³/mol. The van der Waals surface area contributed by atoms with Crippen LogP contribution in [0.2, 0.25) is 5.02 Å². The number of carbonyl (C=O) groups excluding carboxylic acids is 1. The van der Waals surface area contributed by atoms with E-state index in [1.807, 2.05) is 37.3 Å². The third-order valence-electron chi connectivity index (χ3n) is 3.50. The molecule has 0 unspecified atom stereocenters. The van der Waals surface area contributed by atoms with Gasteiger partial charge in [0, 0.05) is 21.5 Å². The van der Waals surface area contributed by atoms with E-state index in [9.17, 15) is 4.79 Å². The van der Waals surface area contributed by atoms with E-state index in [0.717, 1.165) is 15.6 Å². The Morgan fingerprint density at radius 2 is 2.12 bits per heavy atom. The Balaban J connectivity index is 2.50. The largest absolute Gasteiger partial charge is 0.494 e. The molecule has 0 aromatic heterocycles. The van der Waals surface area contributed by atoms with Gasteiger partial charge in [0.2, 0.25) is 0 Å². The molecule has 0 aliphatic rings. The fourth-order valence-electron chi connectivity index (χ4n) is 2.33. The number of hydrogen-bond donors (Lipinski definition) is 1. The highest BCUT2D eigenvalue weighted by Crippen LogP contribution is 2.33. The number of halogens is 2. The van der Waals surface area contributed by atoms with Gasteiger partial charge in [-0.05, 0) is 42.3 Å². The van der Waals surface area contributed by atoms with E-state index in [0.29, 0.717) is 29.4 Å². The molecule has 2 rings (SSSR count). The van der Waals surface area contributed by atoms with Crippen molar-refractivity contribution in [1.82, 2.24) is 0 Å². The van der Waals surface area contributed by atoms with Crippen LogP contribution in [0.25, 0.3) is 6.08 Å². The molecule has 4 nitrogen and oxygen atoms in total. The highest BCUT2D eigenvalue weighted by atomic mass is 79.9. The SMILES string of the molecule is CCOc1cc(/C=C(\C#N)C(N)=O)cc(Br)c1Cc1ccccc1Cl. The predicted octanol–water partition coefficient (Wildman–Crippen LogP) is 4.48. The smallest absolute Gasteiger partial charge is 0.259 e. The molecule has 0 aliphatic carbocycles. The summed E-state index contributed by atoms with van der Waals surface area (Å²) >= 11 is 9.80. The zero-order valence-corrected chi connectivity index (χ0v) is 15.9. The molecule has 0 saturated carbocycles. The summed E-state index contributed by atoms with van der Waals surface area (Å²) in [6.07, 6.45) is 2.02. The summed E-state index contributed by atoms with van der Waals surface area (Å²) in [4.78, 5) is 11.2. The van der Waals surface area contributed by atoms with Crippen LogP contribution in [0.15, 0.2) is 46.4 Å². The van der Waals surface area contributed by atoms with Gasteiger partial charge in [-0.2, -0.15) is 5.26 Å². The van der Waals surface area contributed by atoms with Crippen LogP contribution >= 0.6 is 27.5 Å². The van der Waals surface area contributed by atoms with Gasteiger partial charge in [0.05, 0.1) is 6.61 Å². The molecule has 0 bridgehead atoms. The average molecular weight is 420 g/mol. The zero-order valence-electron chi connectivity index (χ0n) is 13.6. The molecular formula is C19H16BrClN2O2. The van der Waals surface area contributed by atoms with Gasteiger partial charge >= 0.3 is 0 Å². The van der Waals surface area contributed by atoms with Gasteiger partial charge < -0.3 is 10.5 Å². The number of benzene rings is 2. The third-order valence-corrected chi connectivity index (χ3v) is 4.57. The molecule has 25 heavy (non-hydrogen) atoms. The highest BCUT2D eigenvalue weighted by molar-refractivity contribution is 9.10. The fraction of sp³-hybridized carbons (Fsp3) is 0.158. The number of rotatable bonds is 6. The quantitative estimate of drug-likeness (QED) is 0.554. The molecular weight excluding hydrogens is 404 g/mol. The van der Waals surface area contributed by atoms with Crippen LogP contribution in [0.3, 0.4) is 0 Å². The third kappa shape index (κ3) is 4.85. The molecule has 0 atom stereocenters. The van der Waals surface area contributed by atoms with Crippen LogP contribution in [0.5, 0.6) is 5.75 Å². The molecule has 1 amide bonds. The van der Waals surface area contributed by atoms with E-state index in [4.69, 9.17) is 27.3 Å². The number of ether oxygens (including phenoxy) is 1. The Hall–Kier alpha value is -2.29. The highest BCUT2D eigenvalue weighted by Gasteiger charge is 2.13. The van der Waals surface area contributed by atoms with Crippen molar-refractivity contribution in [2.24, 2.45) is 5.73 Å². The second kappa shape index (κ2) is 8.70. The van der Waals surface area contributed by atoms with Crippen molar-refractivity contribution in [3.05, 3.63) is 68.2 Å². The molecule has 0 heterocycles. The Labute approximate surface area is 160 Å². The van der Waals surface area contributed by atoms with Crippen molar-refractivity contribution in [2.45, 2.75) is 13.3 Å². The van der Waals surface area contributed by atoms with E-state index in [-0.39, 0.29) is 5.57 Å². The number of carbonyl (C=O) groups is 1. The molecule has 6 heteroatoms. The molecule has 0 spiro atoms. The van der Waals surface area contributed by atoms with Crippen LogP contribution in [0.1, 0.15) is 23.6 Å². The molecule has 0 saturated heterocycles. The first kappa shape index (κ1) is 19.0. The van der Waals surface area contributed by atoms with E-state index in [1.165, 1.54) is 6.08 Å². The minimum absolute atomic E-state index is 0.117. The van der Waals surface area contributed by atoms with Gasteiger partial charge in [0.25, 0.3) is 5.91 Å². The van der Waals surface area contributed by atoms with Gasteiger partial charge in [0.15, 0.2) is 0 Å². The summed E-state index contributed by atoms with van der Waals surface area (Å²) in [5.74, 6) is -0.110. The summed E-state index contributed by atoms with van der Waals surface area (Å²) < 4.78 is 6.54. The molecule has 0 radical (unpaired) electrons. The standard InChI is InChI=1S/C19H16BrClN2O2/c1-2-25-18-9-12(7-14(11-22)19(23)24)8-16(20)15(18)10-13-5-3-4-6-17(13)21/h3-9H,2,10H2,1H3,(H2,23,24)/b14-7+. The Bertz CT molecular complexity index is 872. The second-order valence-corrected chi connectivity index (χ2v) is 6.48. The minimum Gasteiger partial charge on any atom is -0.494 e. The summed E-state index contributed by atoms with van der Waals surface area (Å²) in [5, 5.41) is 9.68. The molecule has 128 valence electrons. The van der Waals surface area contributed by atoms with Crippen molar-refractivity contribution in [3.8, 4) is 11.8 Å². The summed E-state index contributed by atoms with van der Waals surface area (Å²) in [6.45, 7) is 2.37. The van der Waals surface area contributed by atoms with E-state index in [1.54, 1.807) is 12.1 Å². The lowest BCUT2D eigenvalue weighted by Crippen LogP contribution is -2.12. The first-order valence-corrected chi connectivity index (χ1v) is 8.73. The van der Waals surface area contributed by atoms with Crippen molar-refractivity contribution >= 4 is 39.5 Å². The van der Waals surface area contributed by atoms with Crippen LogP contribution < -0.4 is 10.5 Å². The van der Waals surface area contributed by atoms with Gasteiger partial charge in [0.1, 0.15) is 17.4 Å². The van der Waals surface area contributed by atoms with Crippen molar-refractivity contribution in [2.75, 3.05) is 6.61 Å². The lowest BCUT2D eigenvalue weighted by atomic mass is 10.0. The summed E-state index contributed by atoms with van der Waals surface area (Å²) in [6, 6.07) is 13.0. The van der Waals surface area contributed by atoms with Gasteiger partial charge in [-0.15, -0.1) is 0 Å². The van der Waals surface area contributed by atoms with E-state index in [2.05, 4.69) is 15.9 Å². The van der Waals surface area contributed by atoms with Gasteiger partial charge in [-0.25, -0.2) is 0 Å². The molecule has 2 N–H and O–H groups in total. The van der Waals surface area contributed by atoms with Crippen LogP contribution in [-0.4, -0.2) is 12.5 Å². The Morgan fingerprint density at radius 1 is 1.40 bits per heavy atom. The Morgan fingerprint density at radius 3 is 2.72 bits per heavy atom. The summed E-state index contributed by atoms with van der Waals surface area (Å²) in [7, 11) is 0. The van der Waals surface area contributed by atoms with E-state index < -0.39 is 5.91 Å². The molecule has 2 aromatic carbocycles. The number of hydrogen-bond acceptors (Lipinski definition) is 3. The van der Waals surface area contributed by atoms with Crippen molar-refractivity contribution in [3.63, 3.8) is 0 Å². The Kier molecular flexibility index (Phi) is 6.63. The molecule has 0 fully saturated rings. The van der Waals surface area contributed by atoms with Crippen molar-refractivity contribution < 1.29 is 9.53 Å². The number of primary amides is 1. The van der Waals surface area contributed by atoms with Gasteiger partial charge in [-0.3, -0.25) is 4.79 Å².